The number of nitrogens with one attached hydrogen (secondary N) is 1. The van der Waals surface area contributed by atoms with Crippen LogP contribution in [0.4, 0.5) is 4.79 Å². The van der Waals surface area contributed by atoms with Gasteiger partial charge in [-0.15, -0.1) is 0 Å². The van der Waals surface area contributed by atoms with Crippen LogP contribution in [0.5, 0.6) is 0 Å². The van der Waals surface area contributed by atoms with Crippen molar-refractivity contribution in [1.29, 1.82) is 5.26 Å². The second-order valence-electron chi connectivity index (χ2n) is 4.87. The number of carbonyl (C=O) groups excluding carboxylic acids is 1. The zero-order valence-electron chi connectivity index (χ0n) is 12.3. The molecule has 0 bridgehead atoms. The summed E-state index contributed by atoms with van der Waals surface area (Å²) in [6.07, 6.45) is 0.418. The van der Waals surface area contributed by atoms with Gasteiger partial charge in [0.15, 0.2) is 0 Å². The molecule has 0 aliphatic heterocycles. The average Bonchev–Trinajstić information content (AvgIpc) is 2.38. The fourth-order valence-electron chi connectivity index (χ4n) is 1.63. The van der Waals surface area contributed by atoms with Gasteiger partial charge in [0, 0.05) is 33.2 Å². The molecule has 0 aromatic heterocycles. The van der Waals surface area contributed by atoms with Gasteiger partial charge in [-0.3, -0.25) is 0 Å². The maximum absolute atomic E-state index is 12.1. The van der Waals surface area contributed by atoms with Gasteiger partial charge < -0.3 is 20.1 Å². The fraction of sp³-hybridized carbons (Fsp3) is 0.769. The first kappa shape index (κ1) is 18.2. The zero-order valence-corrected chi connectivity index (χ0v) is 12.3. The lowest BCUT2D eigenvalue weighted by Crippen LogP contribution is -2.49. The van der Waals surface area contributed by atoms with Crippen molar-refractivity contribution < 1.29 is 19.4 Å². The van der Waals surface area contributed by atoms with Gasteiger partial charge in [-0.2, -0.15) is 5.26 Å². The van der Waals surface area contributed by atoms with E-state index >= 15 is 0 Å². The summed E-state index contributed by atoms with van der Waals surface area (Å²) >= 11 is 0. The standard InChI is InChI=1S/C13H23N3O4/c1-10(2)9-16(7-4-6-14)13(19)15-11(12(17)18)5-8-20-3/h10-11H,4-5,7-9H2,1-3H3,(H,15,19)(H,17,18). The zero-order chi connectivity index (χ0) is 15.5. The van der Waals surface area contributed by atoms with Crippen molar-refractivity contribution in [3.8, 4) is 6.07 Å². The average molecular weight is 285 g/mol. The van der Waals surface area contributed by atoms with Crippen LogP contribution in [0.3, 0.4) is 0 Å². The Balaban J connectivity index is 4.60. The van der Waals surface area contributed by atoms with E-state index in [4.69, 9.17) is 15.1 Å². The molecule has 20 heavy (non-hydrogen) atoms. The third-order valence-electron chi connectivity index (χ3n) is 2.57. The molecule has 0 heterocycles. The van der Waals surface area contributed by atoms with Crippen LogP contribution in [0.15, 0.2) is 0 Å². The number of amides is 2. The molecule has 1 unspecified atom stereocenters. The number of rotatable bonds is 9. The highest BCUT2D eigenvalue weighted by atomic mass is 16.5. The lowest BCUT2D eigenvalue weighted by molar-refractivity contribution is -0.139. The lowest BCUT2D eigenvalue weighted by atomic mass is 10.2. The summed E-state index contributed by atoms with van der Waals surface area (Å²) in [6.45, 7) is 4.92. The second-order valence-corrected chi connectivity index (χ2v) is 4.87. The topological polar surface area (TPSA) is 103 Å². The van der Waals surface area contributed by atoms with Crippen molar-refractivity contribution in [2.24, 2.45) is 5.92 Å². The molecule has 2 amide bonds. The summed E-state index contributed by atoms with van der Waals surface area (Å²) < 4.78 is 4.82. The van der Waals surface area contributed by atoms with Crippen molar-refractivity contribution in [3.63, 3.8) is 0 Å². The molecule has 0 aliphatic carbocycles. The van der Waals surface area contributed by atoms with Crippen molar-refractivity contribution in [1.82, 2.24) is 10.2 Å². The summed E-state index contributed by atoms with van der Waals surface area (Å²) in [4.78, 5) is 24.6. The van der Waals surface area contributed by atoms with Gasteiger partial charge in [-0.1, -0.05) is 13.8 Å². The number of ether oxygens (including phenoxy) is 1. The molecule has 0 aromatic carbocycles. The van der Waals surface area contributed by atoms with E-state index in [0.717, 1.165) is 0 Å². The van der Waals surface area contributed by atoms with Gasteiger partial charge in [0.2, 0.25) is 0 Å². The smallest absolute Gasteiger partial charge is 0.326 e. The van der Waals surface area contributed by atoms with Gasteiger partial charge in [-0.05, 0) is 5.92 Å². The molecular formula is C13H23N3O4. The van der Waals surface area contributed by atoms with Gasteiger partial charge in [0.1, 0.15) is 6.04 Å². The molecule has 0 rings (SSSR count). The Kier molecular flexibility index (Phi) is 9.13. The highest BCUT2D eigenvalue weighted by Gasteiger charge is 2.23. The quantitative estimate of drug-likeness (QED) is 0.659. The summed E-state index contributed by atoms with van der Waals surface area (Å²) in [7, 11) is 1.47. The van der Waals surface area contributed by atoms with Crippen LogP contribution in [0.1, 0.15) is 26.7 Å². The molecule has 1 atom stereocenters. The van der Waals surface area contributed by atoms with Crippen LogP contribution < -0.4 is 5.32 Å². The fourth-order valence-corrected chi connectivity index (χ4v) is 1.63. The molecule has 0 fully saturated rings. The van der Waals surface area contributed by atoms with E-state index in [1.807, 2.05) is 19.9 Å². The molecule has 0 aliphatic rings. The van der Waals surface area contributed by atoms with E-state index in [-0.39, 0.29) is 31.9 Å². The number of hydrogen-bond acceptors (Lipinski definition) is 4. The first-order valence-electron chi connectivity index (χ1n) is 6.56. The molecule has 0 saturated heterocycles. The minimum absolute atomic E-state index is 0.200. The van der Waals surface area contributed by atoms with Crippen molar-refractivity contribution in [3.05, 3.63) is 0 Å². The van der Waals surface area contributed by atoms with Crippen molar-refractivity contribution in [2.45, 2.75) is 32.7 Å². The van der Waals surface area contributed by atoms with Crippen LogP contribution in [0.2, 0.25) is 0 Å². The molecule has 0 radical (unpaired) electrons. The Morgan fingerprint density at radius 2 is 2.10 bits per heavy atom. The number of hydrogen-bond donors (Lipinski definition) is 2. The number of carboxylic acids is 1. The first-order chi connectivity index (χ1) is 9.42. The molecular weight excluding hydrogens is 262 g/mol. The molecule has 0 aromatic rings. The van der Waals surface area contributed by atoms with Crippen LogP contribution in [0, 0.1) is 17.2 Å². The summed E-state index contributed by atoms with van der Waals surface area (Å²) in [5.74, 6) is -0.859. The van der Waals surface area contributed by atoms with Gasteiger partial charge in [-0.25, -0.2) is 9.59 Å². The molecule has 2 N–H and O–H groups in total. The van der Waals surface area contributed by atoms with Crippen LogP contribution in [-0.2, 0) is 9.53 Å². The van der Waals surface area contributed by atoms with E-state index in [9.17, 15) is 9.59 Å². The van der Waals surface area contributed by atoms with E-state index in [0.29, 0.717) is 6.54 Å². The predicted octanol–water partition coefficient (Wildman–Crippen LogP) is 1.06. The maximum atomic E-state index is 12.1. The third-order valence-corrected chi connectivity index (χ3v) is 2.57. The van der Waals surface area contributed by atoms with Crippen LogP contribution >= 0.6 is 0 Å². The molecule has 7 nitrogen and oxygen atoms in total. The second kappa shape index (κ2) is 10.0. The number of urea groups is 1. The lowest BCUT2D eigenvalue weighted by Gasteiger charge is -2.26. The summed E-state index contributed by atoms with van der Waals surface area (Å²) in [5.41, 5.74) is 0. The molecule has 7 heteroatoms. The highest BCUT2D eigenvalue weighted by molar-refractivity contribution is 5.82. The Hall–Kier alpha value is -1.81. The monoisotopic (exact) mass is 285 g/mol. The van der Waals surface area contributed by atoms with Gasteiger partial charge in [0.25, 0.3) is 0 Å². The number of aliphatic carboxylic acids is 1. The maximum Gasteiger partial charge on any atom is 0.326 e. The molecule has 0 saturated carbocycles. The molecule has 114 valence electrons. The minimum atomic E-state index is -1.10. The molecule has 0 spiro atoms. The Labute approximate surface area is 119 Å². The van der Waals surface area contributed by atoms with E-state index in [2.05, 4.69) is 5.32 Å². The van der Waals surface area contributed by atoms with Gasteiger partial charge in [0.05, 0.1) is 12.5 Å². The number of carboxylic acid groups (broad SMARTS) is 1. The van der Waals surface area contributed by atoms with Gasteiger partial charge >= 0.3 is 12.0 Å². The Bertz CT molecular complexity index is 352. The van der Waals surface area contributed by atoms with E-state index < -0.39 is 18.0 Å². The number of methoxy groups -OCH3 is 1. The predicted molar refractivity (Wildman–Crippen MR) is 73.1 cm³/mol. The number of carbonyl (C=O) groups is 2. The third kappa shape index (κ3) is 7.59. The Morgan fingerprint density at radius 3 is 2.55 bits per heavy atom. The van der Waals surface area contributed by atoms with Crippen LogP contribution in [-0.4, -0.2) is 54.9 Å². The largest absolute Gasteiger partial charge is 0.480 e. The normalized spacial score (nSPS) is 11.8. The van der Waals surface area contributed by atoms with E-state index in [1.165, 1.54) is 12.0 Å². The van der Waals surface area contributed by atoms with Crippen LogP contribution in [0.25, 0.3) is 0 Å². The summed E-state index contributed by atoms with van der Waals surface area (Å²) in [5, 5.41) is 20.1. The summed E-state index contributed by atoms with van der Waals surface area (Å²) in [6, 6.07) is 0.531. The Morgan fingerprint density at radius 1 is 1.45 bits per heavy atom. The minimum Gasteiger partial charge on any atom is -0.480 e. The first-order valence-corrected chi connectivity index (χ1v) is 6.56. The van der Waals surface area contributed by atoms with Crippen molar-refractivity contribution >= 4 is 12.0 Å². The van der Waals surface area contributed by atoms with Crippen molar-refractivity contribution in [2.75, 3.05) is 26.8 Å². The number of nitriles is 1. The number of nitrogens with zero attached hydrogens (tertiary/aromatic N) is 2. The van der Waals surface area contributed by atoms with E-state index in [1.54, 1.807) is 0 Å². The SMILES string of the molecule is COCCC(NC(=O)N(CCC#N)CC(C)C)C(=O)O. The highest BCUT2D eigenvalue weighted by Crippen LogP contribution is 2.02.